The second kappa shape index (κ2) is 5.50. The van der Waals surface area contributed by atoms with Crippen LogP contribution in [0.1, 0.15) is 20.8 Å². The normalized spacial score (nSPS) is 9.89. The molecule has 0 aliphatic carbocycles. The summed E-state index contributed by atoms with van der Waals surface area (Å²) in [6.45, 7) is -0.0205. The Hall–Kier alpha value is -2.39. The third-order valence-corrected chi connectivity index (χ3v) is 3.26. The second-order valence-electron chi connectivity index (χ2n) is 3.66. The first-order chi connectivity index (χ1) is 9.10. The van der Waals surface area contributed by atoms with E-state index in [-0.39, 0.29) is 17.0 Å². The predicted molar refractivity (Wildman–Crippen MR) is 66.7 cm³/mol. The van der Waals surface area contributed by atoms with Gasteiger partial charge in [-0.1, -0.05) is 6.07 Å². The Labute approximate surface area is 112 Å². The number of ether oxygens (including phenoxy) is 1. The number of rotatable bonds is 4. The van der Waals surface area contributed by atoms with Crippen molar-refractivity contribution in [3.8, 4) is 11.8 Å². The minimum Gasteiger partial charge on any atom is -0.488 e. The number of halogens is 1. The van der Waals surface area contributed by atoms with Crippen LogP contribution in [-0.4, -0.2) is 11.1 Å². The van der Waals surface area contributed by atoms with E-state index in [9.17, 15) is 9.18 Å². The first-order valence-electron chi connectivity index (χ1n) is 5.23. The van der Waals surface area contributed by atoms with Gasteiger partial charge in [-0.05, 0) is 12.1 Å². The van der Waals surface area contributed by atoms with Crippen molar-refractivity contribution in [2.45, 2.75) is 6.61 Å². The van der Waals surface area contributed by atoms with Crippen LogP contribution < -0.4 is 4.74 Å². The van der Waals surface area contributed by atoms with E-state index in [4.69, 9.17) is 15.1 Å². The number of hydrogen-bond donors (Lipinski definition) is 1. The summed E-state index contributed by atoms with van der Waals surface area (Å²) in [7, 11) is 0. The Morgan fingerprint density at radius 1 is 1.47 bits per heavy atom. The summed E-state index contributed by atoms with van der Waals surface area (Å²) in [6, 6.07) is 7.33. The summed E-state index contributed by atoms with van der Waals surface area (Å²) in [6.07, 6.45) is 0. The molecule has 1 aromatic carbocycles. The summed E-state index contributed by atoms with van der Waals surface area (Å²) in [5, 5.41) is 18.9. The van der Waals surface area contributed by atoms with Gasteiger partial charge in [-0.25, -0.2) is 9.18 Å². The van der Waals surface area contributed by atoms with E-state index in [1.807, 2.05) is 6.07 Å². The Morgan fingerprint density at radius 2 is 2.26 bits per heavy atom. The molecule has 0 saturated carbocycles. The topological polar surface area (TPSA) is 70.3 Å². The fourth-order valence-electron chi connectivity index (χ4n) is 1.40. The lowest BCUT2D eigenvalue weighted by Gasteiger charge is -2.05. The molecule has 0 atom stereocenters. The van der Waals surface area contributed by atoms with Gasteiger partial charge in [0.2, 0.25) is 0 Å². The van der Waals surface area contributed by atoms with Gasteiger partial charge in [-0.3, -0.25) is 0 Å². The van der Waals surface area contributed by atoms with Crippen LogP contribution in [0.4, 0.5) is 4.39 Å². The number of hydrogen-bond acceptors (Lipinski definition) is 4. The molecule has 0 amide bonds. The van der Waals surface area contributed by atoms with Crippen LogP contribution in [0.3, 0.4) is 0 Å². The molecule has 2 rings (SSSR count). The van der Waals surface area contributed by atoms with Crippen LogP contribution >= 0.6 is 11.3 Å². The lowest BCUT2D eigenvalue weighted by Crippen LogP contribution is -1.98. The molecule has 0 radical (unpaired) electrons. The van der Waals surface area contributed by atoms with Crippen molar-refractivity contribution in [2.75, 3.05) is 0 Å². The number of carbonyl (C=O) groups is 1. The van der Waals surface area contributed by atoms with Crippen LogP contribution in [0.25, 0.3) is 0 Å². The second-order valence-corrected chi connectivity index (χ2v) is 4.57. The molecule has 2 aromatic rings. The highest BCUT2D eigenvalue weighted by Crippen LogP contribution is 2.23. The van der Waals surface area contributed by atoms with Gasteiger partial charge < -0.3 is 9.84 Å². The van der Waals surface area contributed by atoms with E-state index in [0.717, 1.165) is 17.4 Å². The summed E-state index contributed by atoms with van der Waals surface area (Å²) in [4.78, 5) is 10.8. The Morgan fingerprint density at radius 3 is 2.84 bits per heavy atom. The van der Waals surface area contributed by atoms with E-state index in [0.29, 0.717) is 11.3 Å². The SMILES string of the molecule is N#Cc1ccc(COc2csc(C(=O)O)c2)c(F)c1. The number of nitrogens with zero attached hydrogens (tertiary/aromatic N) is 1. The van der Waals surface area contributed by atoms with Gasteiger partial charge in [-0.2, -0.15) is 5.26 Å². The maximum Gasteiger partial charge on any atom is 0.346 e. The molecule has 0 spiro atoms. The number of carboxylic acid groups (broad SMARTS) is 1. The number of carboxylic acids is 1. The minimum absolute atomic E-state index is 0.0205. The van der Waals surface area contributed by atoms with Crippen molar-refractivity contribution < 1.29 is 19.0 Å². The maximum atomic E-state index is 13.6. The third kappa shape index (κ3) is 3.09. The molecular weight excluding hydrogens is 269 g/mol. The van der Waals surface area contributed by atoms with Crippen LogP contribution in [0, 0.1) is 17.1 Å². The smallest absolute Gasteiger partial charge is 0.346 e. The molecule has 0 aliphatic rings. The highest BCUT2D eigenvalue weighted by atomic mass is 32.1. The van der Waals surface area contributed by atoms with Gasteiger partial charge in [0, 0.05) is 17.0 Å². The molecule has 1 N–H and O–H groups in total. The van der Waals surface area contributed by atoms with E-state index >= 15 is 0 Å². The quantitative estimate of drug-likeness (QED) is 0.932. The highest BCUT2D eigenvalue weighted by Gasteiger charge is 2.09. The van der Waals surface area contributed by atoms with Crippen molar-refractivity contribution in [1.82, 2.24) is 0 Å². The monoisotopic (exact) mass is 277 g/mol. The van der Waals surface area contributed by atoms with Crippen LogP contribution in [0.15, 0.2) is 29.6 Å². The van der Waals surface area contributed by atoms with Gasteiger partial charge in [-0.15, -0.1) is 11.3 Å². The summed E-state index contributed by atoms with van der Waals surface area (Å²) >= 11 is 1.04. The van der Waals surface area contributed by atoms with Gasteiger partial charge in [0.25, 0.3) is 0 Å². The molecular formula is C13H8FNO3S. The van der Waals surface area contributed by atoms with Crippen molar-refractivity contribution in [3.05, 3.63) is 51.5 Å². The maximum absolute atomic E-state index is 13.6. The first kappa shape index (κ1) is 13.1. The standard InChI is InChI=1S/C13H8FNO3S/c14-11-3-8(5-15)1-2-9(11)6-18-10-4-12(13(16)17)19-7-10/h1-4,7H,6H2,(H,16,17). The Balaban J connectivity index is 2.06. The number of thiophene rings is 1. The first-order valence-corrected chi connectivity index (χ1v) is 6.11. The van der Waals surface area contributed by atoms with Crippen LogP contribution in [0.2, 0.25) is 0 Å². The summed E-state index contributed by atoms with van der Waals surface area (Å²) in [5.74, 6) is -1.16. The zero-order valence-corrected chi connectivity index (χ0v) is 10.4. The highest BCUT2D eigenvalue weighted by molar-refractivity contribution is 7.12. The fraction of sp³-hybridized carbons (Fsp3) is 0.0769. The zero-order valence-electron chi connectivity index (χ0n) is 9.59. The predicted octanol–water partition coefficient (Wildman–Crippen LogP) is 3.04. The van der Waals surface area contributed by atoms with Gasteiger partial charge in [0.1, 0.15) is 23.1 Å². The van der Waals surface area contributed by atoms with Crippen LogP contribution in [-0.2, 0) is 6.61 Å². The number of nitriles is 1. The molecule has 0 bridgehead atoms. The molecule has 1 aromatic heterocycles. The van der Waals surface area contributed by atoms with Gasteiger partial charge in [0.05, 0.1) is 11.6 Å². The average Bonchev–Trinajstić information content (AvgIpc) is 2.86. The fourth-order valence-corrected chi connectivity index (χ4v) is 2.07. The third-order valence-electron chi connectivity index (χ3n) is 2.36. The van der Waals surface area contributed by atoms with E-state index < -0.39 is 11.8 Å². The summed E-state index contributed by atoms with van der Waals surface area (Å²) < 4.78 is 18.9. The Kier molecular flexibility index (Phi) is 3.78. The van der Waals surface area contributed by atoms with E-state index in [1.165, 1.54) is 18.2 Å². The van der Waals surface area contributed by atoms with Gasteiger partial charge in [0.15, 0.2) is 0 Å². The van der Waals surface area contributed by atoms with Crippen molar-refractivity contribution in [3.63, 3.8) is 0 Å². The summed E-state index contributed by atoms with van der Waals surface area (Å²) in [5.41, 5.74) is 0.548. The number of benzene rings is 1. The van der Waals surface area contributed by atoms with Crippen LogP contribution in [0.5, 0.6) is 5.75 Å². The molecule has 4 nitrogen and oxygen atoms in total. The number of aromatic carboxylic acids is 1. The lowest BCUT2D eigenvalue weighted by atomic mass is 10.1. The van der Waals surface area contributed by atoms with Crippen molar-refractivity contribution >= 4 is 17.3 Å². The molecule has 19 heavy (non-hydrogen) atoms. The van der Waals surface area contributed by atoms with E-state index in [1.54, 1.807) is 5.38 Å². The molecule has 96 valence electrons. The van der Waals surface area contributed by atoms with Crippen molar-refractivity contribution in [1.29, 1.82) is 5.26 Å². The average molecular weight is 277 g/mol. The largest absolute Gasteiger partial charge is 0.488 e. The molecule has 1 heterocycles. The Bertz CT molecular complexity index is 660. The zero-order chi connectivity index (χ0) is 13.8. The molecule has 0 unspecified atom stereocenters. The minimum atomic E-state index is -1.02. The van der Waals surface area contributed by atoms with Gasteiger partial charge >= 0.3 is 5.97 Å². The molecule has 0 saturated heterocycles. The molecule has 0 aliphatic heterocycles. The van der Waals surface area contributed by atoms with E-state index in [2.05, 4.69) is 0 Å². The molecule has 0 fully saturated rings. The lowest BCUT2D eigenvalue weighted by molar-refractivity contribution is 0.0702. The van der Waals surface area contributed by atoms with Crippen molar-refractivity contribution in [2.24, 2.45) is 0 Å². The molecule has 6 heteroatoms.